The molecule has 1 amide bonds. The van der Waals surface area contributed by atoms with Gasteiger partial charge in [0.1, 0.15) is 23.0 Å². The molecule has 0 aliphatic carbocycles. The number of rotatable bonds is 6. The molecule has 216 valence electrons. The van der Waals surface area contributed by atoms with E-state index >= 15 is 0 Å². The van der Waals surface area contributed by atoms with Crippen LogP contribution in [0.3, 0.4) is 0 Å². The van der Waals surface area contributed by atoms with E-state index in [-0.39, 0.29) is 17.9 Å². The predicted molar refractivity (Wildman–Crippen MR) is 162 cm³/mol. The Labute approximate surface area is 249 Å². The van der Waals surface area contributed by atoms with Crippen molar-refractivity contribution in [3.8, 4) is 28.6 Å². The molecule has 4 aromatic heterocycles. The molecule has 0 saturated carbocycles. The largest absolute Gasteiger partial charge is 0.353 e. The third-order valence-corrected chi connectivity index (χ3v) is 8.48. The van der Waals surface area contributed by atoms with Gasteiger partial charge in [-0.2, -0.15) is 15.5 Å². The van der Waals surface area contributed by atoms with Crippen LogP contribution in [0.15, 0.2) is 73.4 Å². The number of nitrogens with zero attached hydrogens (tertiary/aromatic N) is 9. The SMILES string of the molecule is Cn1cc(-c2cn3ncc(C#N)c3c(-c3ccc(N4CCN(C(=O)C(c5ccccc5)C5CCCN5)CC4)nc3)n2)cn1. The van der Waals surface area contributed by atoms with Crippen LogP contribution in [0.4, 0.5) is 5.82 Å². The molecule has 11 heteroatoms. The van der Waals surface area contributed by atoms with E-state index in [2.05, 4.69) is 38.6 Å². The van der Waals surface area contributed by atoms with Crippen LogP contribution in [0.5, 0.6) is 0 Å². The number of aromatic nitrogens is 6. The Balaban J connectivity index is 1.10. The monoisotopic (exact) mass is 572 g/mol. The van der Waals surface area contributed by atoms with Crippen molar-refractivity contribution in [2.75, 3.05) is 37.6 Å². The van der Waals surface area contributed by atoms with Crippen LogP contribution >= 0.6 is 0 Å². The lowest BCUT2D eigenvalue weighted by Crippen LogP contribution is -2.52. The Bertz CT molecular complexity index is 1790. The number of benzene rings is 1. The van der Waals surface area contributed by atoms with Gasteiger partial charge in [-0.1, -0.05) is 30.3 Å². The number of piperazine rings is 1. The van der Waals surface area contributed by atoms with Gasteiger partial charge in [-0.3, -0.25) is 9.48 Å². The van der Waals surface area contributed by atoms with Crippen LogP contribution in [-0.2, 0) is 11.8 Å². The zero-order valence-corrected chi connectivity index (χ0v) is 24.0. The van der Waals surface area contributed by atoms with E-state index in [0.717, 1.165) is 41.9 Å². The Hall–Kier alpha value is -5.08. The fraction of sp³-hybridized carbons (Fsp3) is 0.312. The van der Waals surface area contributed by atoms with Gasteiger partial charge in [-0.05, 0) is 37.1 Å². The molecular formula is C32H32N10O. The molecule has 0 bridgehead atoms. The molecule has 0 radical (unpaired) electrons. The lowest BCUT2D eigenvalue weighted by Gasteiger charge is -2.38. The van der Waals surface area contributed by atoms with Gasteiger partial charge >= 0.3 is 0 Å². The number of anilines is 1. The number of pyridine rings is 1. The summed E-state index contributed by atoms with van der Waals surface area (Å²) >= 11 is 0. The fourth-order valence-electron chi connectivity index (χ4n) is 6.26. The summed E-state index contributed by atoms with van der Waals surface area (Å²) in [5.74, 6) is 0.883. The molecule has 5 aromatic rings. The number of hydrogen-bond donors (Lipinski definition) is 1. The summed E-state index contributed by atoms with van der Waals surface area (Å²) in [5, 5.41) is 22.0. The first-order valence-corrected chi connectivity index (χ1v) is 14.6. The number of carbonyl (C=O) groups excluding carboxylic acids is 1. The third-order valence-electron chi connectivity index (χ3n) is 8.48. The number of hydrogen-bond acceptors (Lipinski definition) is 8. The molecule has 11 nitrogen and oxygen atoms in total. The van der Waals surface area contributed by atoms with Gasteiger partial charge < -0.3 is 15.1 Å². The first-order valence-electron chi connectivity index (χ1n) is 14.6. The fourth-order valence-corrected chi connectivity index (χ4v) is 6.26. The van der Waals surface area contributed by atoms with Crippen LogP contribution in [0.2, 0.25) is 0 Å². The smallest absolute Gasteiger partial charge is 0.231 e. The average molecular weight is 573 g/mol. The highest BCUT2D eigenvalue weighted by Crippen LogP contribution is 2.31. The highest BCUT2D eigenvalue weighted by atomic mass is 16.2. The Kier molecular flexibility index (Phi) is 7.04. The van der Waals surface area contributed by atoms with Gasteiger partial charge in [0.05, 0.1) is 35.9 Å². The molecule has 0 spiro atoms. The van der Waals surface area contributed by atoms with Crippen molar-refractivity contribution in [3.05, 3.63) is 84.6 Å². The summed E-state index contributed by atoms with van der Waals surface area (Å²) in [5.41, 5.74) is 5.16. The summed E-state index contributed by atoms with van der Waals surface area (Å²) in [6.07, 6.45) is 10.9. The molecule has 2 saturated heterocycles. The van der Waals surface area contributed by atoms with Crippen molar-refractivity contribution in [3.63, 3.8) is 0 Å². The van der Waals surface area contributed by atoms with Gasteiger partial charge in [0, 0.05) is 62.8 Å². The quantitative estimate of drug-likeness (QED) is 0.329. The molecule has 2 atom stereocenters. The maximum atomic E-state index is 13.8. The van der Waals surface area contributed by atoms with Crippen molar-refractivity contribution in [1.29, 1.82) is 5.26 Å². The van der Waals surface area contributed by atoms with Crippen molar-refractivity contribution in [2.24, 2.45) is 7.05 Å². The molecule has 2 fully saturated rings. The molecule has 6 heterocycles. The van der Waals surface area contributed by atoms with E-state index in [1.807, 2.05) is 54.7 Å². The van der Waals surface area contributed by atoms with Crippen molar-refractivity contribution < 1.29 is 4.79 Å². The number of nitrogens with one attached hydrogen (secondary N) is 1. The van der Waals surface area contributed by atoms with Crippen molar-refractivity contribution in [2.45, 2.75) is 24.8 Å². The lowest BCUT2D eigenvalue weighted by atomic mass is 9.89. The van der Waals surface area contributed by atoms with E-state index in [1.165, 1.54) is 0 Å². The topological polar surface area (TPSA) is 120 Å². The van der Waals surface area contributed by atoms with Crippen molar-refractivity contribution in [1.82, 2.24) is 39.6 Å². The molecule has 1 N–H and O–H groups in total. The van der Waals surface area contributed by atoms with Crippen LogP contribution in [-0.4, -0.2) is 78.9 Å². The van der Waals surface area contributed by atoms with Crippen LogP contribution < -0.4 is 10.2 Å². The number of amides is 1. The summed E-state index contributed by atoms with van der Waals surface area (Å²) in [6.45, 7) is 3.67. The average Bonchev–Trinajstić information content (AvgIpc) is 3.83. The highest BCUT2D eigenvalue weighted by molar-refractivity contribution is 5.85. The minimum Gasteiger partial charge on any atom is -0.353 e. The molecule has 1 aromatic carbocycles. The molecule has 43 heavy (non-hydrogen) atoms. The standard InChI is InChI=1S/C32H32N10O/c1-39-20-25(19-36-39)27-21-42-31(24(16-33)18-37-42)30(38-27)23-9-10-28(35-17-23)40-12-14-41(15-13-40)32(43)29(26-8-5-11-34-26)22-6-3-2-4-7-22/h2-4,6-7,9-10,17-21,26,29,34H,5,8,11-15H2,1H3. The third kappa shape index (κ3) is 5.10. The minimum atomic E-state index is -0.165. The first kappa shape index (κ1) is 26.8. The number of carbonyl (C=O) groups is 1. The zero-order chi connectivity index (χ0) is 29.3. The van der Waals surface area contributed by atoms with E-state index < -0.39 is 0 Å². The molecular weight excluding hydrogens is 540 g/mol. The van der Waals surface area contributed by atoms with Gasteiger partial charge in [-0.25, -0.2) is 14.5 Å². The van der Waals surface area contributed by atoms with Crippen LogP contribution in [0.1, 0.15) is 29.9 Å². The van der Waals surface area contributed by atoms with Crippen LogP contribution in [0, 0.1) is 11.3 Å². The van der Waals surface area contributed by atoms with Gasteiger partial charge in [-0.15, -0.1) is 0 Å². The second kappa shape index (κ2) is 11.3. The number of fused-ring (bicyclic) bond motifs is 1. The Morgan fingerprint density at radius 3 is 2.51 bits per heavy atom. The summed E-state index contributed by atoms with van der Waals surface area (Å²) in [4.78, 5) is 27.7. The molecule has 2 aliphatic heterocycles. The maximum Gasteiger partial charge on any atom is 0.231 e. The summed E-state index contributed by atoms with van der Waals surface area (Å²) < 4.78 is 3.42. The second-order valence-corrected chi connectivity index (χ2v) is 11.1. The van der Waals surface area contributed by atoms with Gasteiger partial charge in [0.2, 0.25) is 5.91 Å². The van der Waals surface area contributed by atoms with Gasteiger partial charge in [0.25, 0.3) is 0 Å². The minimum absolute atomic E-state index is 0.165. The number of nitriles is 1. The molecule has 2 unspecified atom stereocenters. The normalized spacial score (nSPS) is 17.7. The summed E-state index contributed by atoms with van der Waals surface area (Å²) in [7, 11) is 1.86. The van der Waals surface area contributed by atoms with E-state index in [1.54, 1.807) is 27.8 Å². The first-order chi connectivity index (χ1) is 21.1. The second-order valence-electron chi connectivity index (χ2n) is 11.1. The molecule has 7 rings (SSSR count). The van der Waals surface area contributed by atoms with E-state index in [0.29, 0.717) is 48.6 Å². The zero-order valence-electron chi connectivity index (χ0n) is 24.0. The lowest BCUT2D eigenvalue weighted by molar-refractivity contribution is -0.133. The Morgan fingerprint density at radius 1 is 1.00 bits per heavy atom. The van der Waals surface area contributed by atoms with E-state index in [9.17, 15) is 10.1 Å². The highest BCUT2D eigenvalue weighted by Gasteiger charge is 2.35. The number of aryl methyl sites for hydroxylation is 1. The van der Waals surface area contributed by atoms with E-state index in [4.69, 9.17) is 9.97 Å². The predicted octanol–water partition coefficient (Wildman–Crippen LogP) is 3.25. The molecule has 2 aliphatic rings. The van der Waals surface area contributed by atoms with Crippen LogP contribution in [0.25, 0.3) is 28.0 Å². The maximum absolute atomic E-state index is 13.8. The van der Waals surface area contributed by atoms with Gasteiger partial charge in [0.15, 0.2) is 0 Å². The Morgan fingerprint density at radius 2 is 1.84 bits per heavy atom. The van der Waals surface area contributed by atoms with Crippen molar-refractivity contribution >= 4 is 17.2 Å². The summed E-state index contributed by atoms with van der Waals surface area (Å²) in [6, 6.07) is 16.6.